The van der Waals surface area contributed by atoms with E-state index in [4.69, 9.17) is 4.74 Å². The molecule has 0 saturated carbocycles. The van der Waals surface area contributed by atoms with Gasteiger partial charge in [-0.25, -0.2) is 0 Å². The molecule has 0 radical (unpaired) electrons. The van der Waals surface area contributed by atoms with Gasteiger partial charge < -0.3 is 15.2 Å². The molecule has 2 aromatic rings. The molecule has 20 heavy (non-hydrogen) atoms. The van der Waals surface area contributed by atoms with Crippen LogP contribution in [0.5, 0.6) is 11.5 Å². The minimum absolute atomic E-state index is 0.0499. The number of hydrogen-bond donors (Lipinski definition) is 2. The molecular weight excluding hydrogens is 254 g/mol. The van der Waals surface area contributed by atoms with Crippen molar-refractivity contribution in [3.05, 3.63) is 53.6 Å². The van der Waals surface area contributed by atoms with Gasteiger partial charge in [0, 0.05) is 0 Å². The Labute approximate surface area is 118 Å². The van der Waals surface area contributed by atoms with Crippen molar-refractivity contribution in [1.82, 2.24) is 0 Å². The molecule has 4 heteroatoms. The van der Waals surface area contributed by atoms with Crippen molar-refractivity contribution < 1.29 is 14.6 Å². The second-order valence-electron chi connectivity index (χ2n) is 4.67. The molecule has 2 N–H and O–H groups in total. The van der Waals surface area contributed by atoms with Gasteiger partial charge in [0.25, 0.3) is 5.91 Å². The molecule has 0 aromatic heterocycles. The van der Waals surface area contributed by atoms with Crippen LogP contribution in [0.2, 0.25) is 0 Å². The van der Waals surface area contributed by atoms with Crippen LogP contribution in [0.1, 0.15) is 11.1 Å². The summed E-state index contributed by atoms with van der Waals surface area (Å²) in [7, 11) is 0. The first-order valence-corrected chi connectivity index (χ1v) is 6.33. The molecule has 0 saturated heterocycles. The summed E-state index contributed by atoms with van der Waals surface area (Å²) in [6, 6.07) is 12.6. The summed E-state index contributed by atoms with van der Waals surface area (Å²) in [5.74, 6) is 0.382. The first-order chi connectivity index (χ1) is 9.54. The lowest BCUT2D eigenvalue weighted by atomic mass is 10.2. The molecule has 0 aliphatic carbocycles. The van der Waals surface area contributed by atoms with E-state index < -0.39 is 0 Å². The molecule has 0 bridgehead atoms. The van der Waals surface area contributed by atoms with E-state index >= 15 is 0 Å². The summed E-state index contributed by atoms with van der Waals surface area (Å²) < 4.78 is 5.39. The zero-order valence-corrected chi connectivity index (χ0v) is 11.5. The number of hydrogen-bond acceptors (Lipinski definition) is 3. The number of rotatable bonds is 4. The minimum Gasteiger partial charge on any atom is -0.506 e. The summed E-state index contributed by atoms with van der Waals surface area (Å²) in [5.41, 5.74) is 2.38. The van der Waals surface area contributed by atoms with Crippen molar-refractivity contribution in [1.29, 1.82) is 0 Å². The third-order valence-electron chi connectivity index (χ3n) is 2.79. The minimum atomic E-state index is -0.314. The number of anilines is 1. The van der Waals surface area contributed by atoms with E-state index in [1.165, 1.54) is 0 Å². The van der Waals surface area contributed by atoms with Crippen LogP contribution < -0.4 is 10.1 Å². The van der Waals surface area contributed by atoms with Crippen LogP contribution in [-0.4, -0.2) is 17.6 Å². The van der Waals surface area contributed by atoms with Crippen LogP contribution >= 0.6 is 0 Å². The van der Waals surface area contributed by atoms with Crippen LogP contribution in [0, 0.1) is 13.8 Å². The highest BCUT2D eigenvalue weighted by Crippen LogP contribution is 2.23. The number of amides is 1. The predicted octanol–water partition coefficient (Wildman–Crippen LogP) is 3.03. The number of nitrogens with one attached hydrogen (secondary N) is 1. The maximum atomic E-state index is 11.8. The van der Waals surface area contributed by atoms with Gasteiger partial charge in [0.05, 0.1) is 5.69 Å². The van der Waals surface area contributed by atoms with E-state index in [-0.39, 0.29) is 18.3 Å². The second kappa shape index (κ2) is 6.10. The van der Waals surface area contributed by atoms with Gasteiger partial charge in [0.2, 0.25) is 0 Å². The summed E-state index contributed by atoms with van der Waals surface area (Å²) in [5, 5.41) is 12.3. The monoisotopic (exact) mass is 271 g/mol. The fourth-order valence-electron chi connectivity index (χ4n) is 1.79. The average molecular weight is 271 g/mol. The van der Waals surface area contributed by atoms with Gasteiger partial charge in [-0.1, -0.05) is 18.2 Å². The van der Waals surface area contributed by atoms with Crippen molar-refractivity contribution in [3.63, 3.8) is 0 Å². The molecule has 104 valence electrons. The van der Waals surface area contributed by atoms with Crippen LogP contribution in [0.3, 0.4) is 0 Å². The van der Waals surface area contributed by atoms with Crippen LogP contribution in [0.15, 0.2) is 42.5 Å². The number of carbonyl (C=O) groups is 1. The van der Waals surface area contributed by atoms with Crippen LogP contribution in [-0.2, 0) is 4.79 Å². The normalized spacial score (nSPS) is 10.1. The Balaban J connectivity index is 1.92. The molecule has 0 spiro atoms. The van der Waals surface area contributed by atoms with Crippen molar-refractivity contribution in [2.75, 3.05) is 11.9 Å². The SMILES string of the molecule is Cc1cccc(OCC(=O)Nc2ccc(C)cc2O)c1. The summed E-state index contributed by atoms with van der Waals surface area (Å²) in [6.07, 6.45) is 0. The Morgan fingerprint density at radius 3 is 2.60 bits per heavy atom. The molecule has 0 fully saturated rings. The Bertz CT molecular complexity index is 623. The maximum Gasteiger partial charge on any atom is 0.262 e. The summed E-state index contributed by atoms with van der Waals surface area (Å²) in [4.78, 5) is 11.8. The molecular formula is C16H17NO3. The molecule has 0 aliphatic heterocycles. The van der Waals surface area contributed by atoms with E-state index in [1.807, 2.05) is 38.1 Å². The Kier molecular flexibility index (Phi) is 4.25. The van der Waals surface area contributed by atoms with E-state index in [9.17, 15) is 9.90 Å². The van der Waals surface area contributed by atoms with E-state index in [0.29, 0.717) is 11.4 Å². The topological polar surface area (TPSA) is 58.6 Å². The van der Waals surface area contributed by atoms with Crippen molar-refractivity contribution in [2.24, 2.45) is 0 Å². The highest BCUT2D eigenvalue weighted by Gasteiger charge is 2.07. The number of benzene rings is 2. The first kappa shape index (κ1) is 13.9. The quantitative estimate of drug-likeness (QED) is 0.840. The van der Waals surface area contributed by atoms with Gasteiger partial charge >= 0.3 is 0 Å². The molecule has 4 nitrogen and oxygen atoms in total. The summed E-state index contributed by atoms with van der Waals surface area (Å²) >= 11 is 0. The van der Waals surface area contributed by atoms with E-state index in [1.54, 1.807) is 18.2 Å². The number of phenols is 1. The third-order valence-corrected chi connectivity index (χ3v) is 2.79. The zero-order chi connectivity index (χ0) is 14.5. The molecule has 0 aliphatic rings. The first-order valence-electron chi connectivity index (χ1n) is 6.33. The molecule has 1 amide bonds. The lowest BCUT2D eigenvalue weighted by molar-refractivity contribution is -0.118. The fraction of sp³-hybridized carbons (Fsp3) is 0.188. The Morgan fingerprint density at radius 2 is 1.90 bits per heavy atom. The van der Waals surface area contributed by atoms with Crippen molar-refractivity contribution >= 4 is 11.6 Å². The number of ether oxygens (including phenoxy) is 1. The van der Waals surface area contributed by atoms with Gasteiger partial charge in [-0.3, -0.25) is 4.79 Å². The van der Waals surface area contributed by atoms with E-state index in [2.05, 4.69) is 5.32 Å². The molecule has 2 aromatic carbocycles. The largest absolute Gasteiger partial charge is 0.506 e. The molecule has 0 heterocycles. The number of aryl methyl sites for hydroxylation is 2. The molecule has 2 rings (SSSR count). The van der Waals surface area contributed by atoms with Gasteiger partial charge in [0.1, 0.15) is 11.5 Å². The Hall–Kier alpha value is -2.49. The number of phenolic OH excluding ortho intramolecular Hbond substituents is 1. The zero-order valence-electron chi connectivity index (χ0n) is 11.5. The highest BCUT2D eigenvalue weighted by atomic mass is 16.5. The smallest absolute Gasteiger partial charge is 0.262 e. The van der Waals surface area contributed by atoms with Gasteiger partial charge in [-0.15, -0.1) is 0 Å². The highest BCUT2D eigenvalue weighted by molar-refractivity contribution is 5.93. The molecule has 0 atom stereocenters. The third kappa shape index (κ3) is 3.75. The van der Waals surface area contributed by atoms with Crippen molar-refractivity contribution in [2.45, 2.75) is 13.8 Å². The predicted molar refractivity (Wildman–Crippen MR) is 78.1 cm³/mol. The Morgan fingerprint density at radius 1 is 1.15 bits per heavy atom. The van der Waals surface area contributed by atoms with Crippen LogP contribution in [0.25, 0.3) is 0 Å². The standard InChI is InChI=1S/C16H17NO3/c1-11-4-3-5-13(8-11)20-10-16(19)17-14-7-6-12(2)9-15(14)18/h3-9,18H,10H2,1-2H3,(H,17,19). The van der Waals surface area contributed by atoms with Gasteiger partial charge in [-0.2, -0.15) is 0 Å². The van der Waals surface area contributed by atoms with Crippen LogP contribution in [0.4, 0.5) is 5.69 Å². The lowest BCUT2D eigenvalue weighted by Crippen LogP contribution is -2.20. The van der Waals surface area contributed by atoms with Gasteiger partial charge in [0.15, 0.2) is 6.61 Å². The molecule has 0 unspecified atom stereocenters. The van der Waals surface area contributed by atoms with E-state index in [0.717, 1.165) is 11.1 Å². The van der Waals surface area contributed by atoms with Crippen molar-refractivity contribution in [3.8, 4) is 11.5 Å². The summed E-state index contributed by atoms with van der Waals surface area (Å²) in [6.45, 7) is 3.72. The average Bonchev–Trinajstić information content (AvgIpc) is 2.40. The van der Waals surface area contributed by atoms with Gasteiger partial charge in [-0.05, 0) is 49.2 Å². The second-order valence-corrected chi connectivity index (χ2v) is 4.67. The fourth-order valence-corrected chi connectivity index (χ4v) is 1.79. The lowest BCUT2D eigenvalue weighted by Gasteiger charge is -2.09. The number of carbonyl (C=O) groups excluding carboxylic acids is 1. The maximum absolute atomic E-state index is 11.8. The number of aromatic hydroxyl groups is 1.